The summed E-state index contributed by atoms with van der Waals surface area (Å²) in [7, 11) is 0. The van der Waals surface area contributed by atoms with Gasteiger partial charge in [-0.25, -0.2) is 4.39 Å². The number of benzene rings is 2. The fourth-order valence-corrected chi connectivity index (χ4v) is 2.88. The second kappa shape index (κ2) is 5.66. The summed E-state index contributed by atoms with van der Waals surface area (Å²) in [5.41, 5.74) is 1.88. The normalized spacial score (nSPS) is 13.4. The highest BCUT2D eigenvalue weighted by atomic mass is 35.5. The third-order valence-electron chi connectivity index (χ3n) is 3.51. The topological polar surface area (TPSA) is 26.3 Å². The molecule has 2 aromatic rings. The Morgan fingerprint density at radius 2 is 1.86 bits per heavy atom. The summed E-state index contributed by atoms with van der Waals surface area (Å²) in [6.07, 6.45) is 1.05. The van der Waals surface area contributed by atoms with Crippen LogP contribution in [-0.4, -0.2) is 5.78 Å². The zero-order chi connectivity index (χ0) is 15.0. The Kier molecular flexibility index (Phi) is 3.87. The Balaban J connectivity index is 1.85. The van der Waals surface area contributed by atoms with E-state index >= 15 is 0 Å². The van der Waals surface area contributed by atoms with Crippen molar-refractivity contribution in [3.8, 4) is 5.75 Å². The largest absolute Gasteiger partial charge is 0.486 e. The number of Topliss-reactive ketones (excluding diaryl/α,β-unsaturated/α-hetero) is 1. The molecule has 0 fully saturated rings. The first-order valence-corrected chi connectivity index (χ1v) is 7.23. The quantitative estimate of drug-likeness (QED) is 0.807. The highest BCUT2D eigenvalue weighted by Gasteiger charge is 2.22. The Morgan fingerprint density at radius 3 is 2.57 bits per heavy atom. The van der Waals surface area contributed by atoms with Gasteiger partial charge in [0.1, 0.15) is 6.61 Å². The van der Waals surface area contributed by atoms with Crippen LogP contribution in [0.25, 0.3) is 0 Å². The first-order valence-electron chi connectivity index (χ1n) is 6.47. The number of hydrogen-bond acceptors (Lipinski definition) is 2. The molecule has 3 rings (SSSR count). The van der Waals surface area contributed by atoms with Crippen LogP contribution in [-0.2, 0) is 13.0 Å². The molecule has 0 N–H and O–H groups in total. The van der Waals surface area contributed by atoms with Crippen LogP contribution in [0.2, 0.25) is 10.0 Å². The summed E-state index contributed by atoms with van der Waals surface area (Å²) in [5.74, 6) is -0.462. The summed E-state index contributed by atoms with van der Waals surface area (Å²) in [5, 5.41) is 0.943. The lowest BCUT2D eigenvalue weighted by Crippen LogP contribution is -2.01. The van der Waals surface area contributed by atoms with Gasteiger partial charge >= 0.3 is 0 Å². The second-order valence-corrected chi connectivity index (χ2v) is 5.67. The molecule has 0 unspecified atom stereocenters. The summed E-state index contributed by atoms with van der Waals surface area (Å²) >= 11 is 12.1. The fraction of sp³-hybridized carbons (Fsp3) is 0.188. The lowest BCUT2D eigenvalue weighted by Gasteiger charge is -2.11. The molecular weight excluding hydrogens is 314 g/mol. The first kappa shape index (κ1) is 14.4. The summed E-state index contributed by atoms with van der Waals surface area (Å²) < 4.78 is 19.5. The van der Waals surface area contributed by atoms with Gasteiger partial charge in [0.25, 0.3) is 0 Å². The minimum Gasteiger partial charge on any atom is -0.486 e. The Bertz CT molecular complexity index is 708. The Labute approximate surface area is 131 Å². The maximum atomic E-state index is 14.0. The van der Waals surface area contributed by atoms with Crippen LogP contribution in [0.5, 0.6) is 5.75 Å². The van der Waals surface area contributed by atoms with Crippen LogP contribution in [0.4, 0.5) is 4.39 Å². The molecule has 0 spiro atoms. The van der Waals surface area contributed by atoms with Crippen LogP contribution < -0.4 is 4.74 Å². The van der Waals surface area contributed by atoms with Crippen molar-refractivity contribution >= 4 is 29.0 Å². The average molecular weight is 325 g/mol. The summed E-state index contributed by atoms with van der Waals surface area (Å²) in [6.45, 7) is 0.0716. The molecule has 0 bridgehead atoms. The molecule has 1 aliphatic rings. The molecule has 21 heavy (non-hydrogen) atoms. The van der Waals surface area contributed by atoms with Gasteiger partial charge < -0.3 is 4.74 Å². The molecule has 108 valence electrons. The summed E-state index contributed by atoms with van der Waals surface area (Å²) in [6, 6.07) is 7.96. The molecule has 2 nitrogen and oxygen atoms in total. The molecule has 0 radical (unpaired) electrons. The van der Waals surface area contributed by atoms with Gasteiger partial charge in [0, 0.05) is 27.6 Å². The van der Waals surface area contributed by atoms with Crippen LogP contribution >= 0.6 is 23.2 Å². The third kappa shape index (κ3) is 2.76. The minimum atomic E-state index is -0.549. The van der Waals surface area contributed by atoms with Crippen molar-refractivity contribution < 1.29 is 13.9 Å². The molecule has 0 aliphatic heterocycles. The standard InChI is InChI=1S/C16H11Cl2FO2/c17-12-2-1-3-13(18)11(12)8-21-16-6-9-4-5-15(20)10(9)7-14(16)19/h1-3,6-7H,4-5,8H2. The van der Waals surface area contributed by atoms with E-state index in [-0.39, 0.29) is 18.1 Å². The van der Waals surface area contributed by atoms with E-state index in [9.17, 15) is 9.18 Å². The molecule has 0 heterocycles. The van der Waals surface area contributed by atoms with Crippen LogP contribution in [0.1, 0.15) is 27.9 Å². The third-order valence-corrected chi connectivity index (χ3v) is 4.22. The predicted octanol–water partition coefficient (Wildman–Crippen LogP) is 4.84. The van der Waals surface area contributed by atoms with Gasteiger partial charge in [0.05, 0.1) is 0 Å². The molecule has 1 aliphatic carbocycles. The molecule has 0 aromatic heterocycles. The van der Waals surface area contributed by atoms with Crippen LogP contribution in [0, 0.1) is 5.82 Å². The van der Waals surface area contributed by atoms with Gasteiger partial charge in [0.2, 0.25) is 0 Å². The number of fused-ring (bicyclic) bond motifs is 1. The number of ketones is 1. The van der Waals surface area contributed by atoms with Crippen molar-refractivity contribution in [2.45, 2.75) is 19.4 Å². The average Bonchev–Trinajstić information content (AvgIpc) is 2.79. The van der Waals surface area contributed by atoms with Crippen molar-refractivity contribution in [1.82, 2.24) is 0 Å². The number of carbonyl (C=O) groups excluding carboxylic acids is 1. The molecular formula is C16H11Cl2FO2. The van der Waals surface area contributed by atoms with Gasteiger partial charge in [-0.15, -0.1) is 0 Å². The number of carbonyl (C=O) groups is 1. The maximum absolute atomic E-state index is 14.0. The Hall–Kier alpha value is -1.58. The highest BCUT2D eigenvalue weighted by molar-refractivity contribution is 6.35. The van der Waals surface area contributed by atoms with Crippen LogP contribution in [0.15, 0.2) is 30.3 Å². The van der Waals surface area contributed by atoms with Gasteiger partial charge in [-0.3, -0.25) is 4.79 Å². The van der Waals surface area contributed by atoms with Crippen molar-refractivity contribution in [2.75, 3.05) is 0 Å². The van der Waals surface area contributed by atoms with Crippen molar-refractivity contribution in [3.05, 3.63) is 62.9 Å². The van der Waals surface area contributed by atoms with E-state index in [2.05, 4.69) is 0 Å². The van der Waals surface area contributed by atoms with Crippen molar-refractivity contribution in [2.24, 2.45) is 0 Å². The van der Waals surface area contributed by atoms with E-state index in [1.807, 2.05) is 0 Å². The number of ether oxygens (including phenoxy) is 1. The molecule has 0 atom stereocenters. The molecule has 2 aromatic carbocycles. The smallest absolute Gasteiger partial charge is 0.165 e. The fourth-order valence-electron chi connectivity index (χ4n) is 2.38. The lowest BCUT2D eigenvalue weighted by molar-refractivity contribution is 0.0994. The number of halogens is 3. The van der Waals surface area contributed by atoms with E-state index in [0.717, 1.165) is 5.56 Å². The van der Waals surface area contributed by atoms with E-state index in [1.165, 1.54) is 6.07 Å². The van der Waals surface area contributed by atoms with Crippen LogP contribution in [0.3, 0.4) is 0 Å². The van der Waals surface area contributed by atoms with E-state index in [0.29, 0.717) is 34.0 Å². The zero-order valence-corrected chi connectivity index (χ0v) is 12.5. The van der Waals surface area contributed by atoms with Gasteiger partial charge in [-0.1, -0.05) is 29.3 Å². The zero-order valence-electron chi connectivity index (χ0n) is 11.0. The molecule has 5 heteroatoms. The maximum Gasteiger partial charge on any atom is 0.165 e. The molecule has 0 amide bonds. The second-order valence-electron chi connectivity index (χ2n) is 4.85. The lowest BCUT2D eigenvalue weighted by atomic mass is 10.1. The summed E-state index contributed by atoms with van der Waals surface area (Å²) in [4.78, 5) is 11.6. The monoisotopic (exact) mass is 324 g/mol. The van der Waals surface area contributed by atoms with E-state index in [1.54, 1.807) is 24.3 Å². The van der Waals surface area contributed by atoms with E-state index in [4.69, 9.17) is 27.9 Å². The van der Waals surface area contributed by atoms with Crippen molar-refractivity contribution in [1.29, 1.82) is 0 Å². The van der Waals surface area contributed by atoms with Crippen molar-refractivity contribution in [3.63, 3.8) is 0 Å². The molecule has 0 saturated heterocycles. The predicted molar refractivity (Wildman–Crippen MR) is 79.8 cm³/mol. The minimum absolute atomic E-state index is 0.0235. The number of aryl methyl sites for hydroxylation is 1. The van der Waals surface area contributed by atoms with Gasteiger partial charge in [-0.2, -0.15) is 0 Å². The number of rotatable bonds is 3. The highest BCUT2D eigenvalue weighted by Crippen LogP contribution is 2.31. The van der Waals surface area contributed by atoms with Gasteiger partial charge in [-0.05, 0) is 36.2 Å². The van der Waals surface area contributed by atoms with E-state index < -0.39 is 5.82 Å². The first-order chi connectivity index (χ1) is 10.1. The number of hydrogen-bond donors (Lipinski definition) is 0. The Morgan fingerprint density at radius 1 is 1.14 bits per heavy atom. The SMILES string of the molecule is O=C1CCc2cc(OCc3c(Cl)cccc3Cl)c(F)cc21. The van der Waals surface area contributed by atoms with Gasteiger partial charge in [0.15, 0.2) is 17.3 Å². The molecule has 0 saturated carbocycles.